The fourth-order valence-corrected chi connectivity index (χ4v) is 3.52. The first-order chi connectivity index (χ1) is 14.6. The highest BCUT2D eigenvalue weighted by atomic mass is 16.5. The number of ether oxygens (including phenoxy) is 3. The second kappa shape index (κ2) is 9.04. The number of nitrogens with one attached hydrogen (secondary N) is 1. The van der Waals surface area contributed by atoms with Gasteiger partial charge in [0, 0.05) is 32.2 Å². The lowest BCUT2D eigenvalue weighted by Crippen LogP contribution is -2.49. The minimum atomic E-state index is 0.00120. The predicted molar refractivity (Wildman–Crippen MR) is 113 cm³/mol. The highest BCUT2D eigenvalue weighted by Crippen LogP contribution is 2.20. The van der Waals surface area contributed by atoms with Crippen molar-refractivity contribution in [3.63, 3.8) is 0 Å². The number of rotatable bonds is 7. The molecule has 1 amide bonds. The van der Waals surface area contributed by atoms with E-state index in [-0.39, 0.29) is 12.5 Å². The molecule has 1 N–H and O–H groups in total. The van der Waals surface area contributed by atoms with Crippen molar-refractivity contribution in [2.24, 2.45) is 0 Å². The van der Waals surface area contributed by atoms with Gasteiger partial charge in [0.2, 0.25) is 0 Å². The molecule has 158 valence electrons. The number of aromatic amines is 1. The Balaban J connectivity index is 1.25. The van der Waals surface area contributed by atoms with Crippen molar-refractivity contribution in [3.8, 4) is 17.2 Å². The van der Waals surface area contributed by atoms with Crippen LogP contribution in [0.4, 0.5) is 0 Å². The number of carbonyl (C=O) groups excluding carboxylic acids is 1. The first-order valence-corrected chi connectivity index (χ1v) is 9.94. The number of methoxy groups -OCH3 is 2. The summed E-state index contributed by atoms with van der Waals surface area (Å²) >= 11 is 0. The number of hydrogen-bond acceptors (Lipinski definition) is 6. The molecule has 1 saturated heterocycles. The molecule has 0 spiro atoms. The third kappa shape index (κ3) is 4.65. The fourth-order valence-electron chi connectivity index (χ4n) is 3.52. The van der Waals surface area contributed by atoms with E-state index in [0.29, 0.717) is 18.8 Å². The van der Waals surface area contributed by atoms with Crippen molar-refractivity contribution in [1.82, 2.24) is 19.8 Å². The zero-order chi connectivity index (χ0) is 20.9. The number of benzene rings is 2. The van der Waals surface area contributed by atoms with Crippen LogP contribution in [-0.2, 0) is 11.3 Å². The molecule has 1 aliphatic heterocycles. The zero-order valence-corrected chi connectivity index (χ0v) is 17.3. The van der Waals surface area contributed by atoms with E-state index in [2.05, 4.69) is 14.9 Å². The van der Waals surface area contributed by atoms with Gasteiger partial charge in [0.05, 0.1) is 31.8 Å². The van der Waals surface area contributed by atoms with Crippen LogP contribution in [0.3, 0.4) is 0 Å². The second-order valence-corrected chi connectivity index (χ2v) is 7.19. The number of imidazole rings is 1. The molecule has 1 aliphatic rings. The minimum Gasteiger partial charge on any atom is -0.497 e. The highest BCUT2D eigenvalue weighted by molar-refractivity contribution is 5.78. The number of carbonyl (C=O) groups is 1. The Morgan fingerprint density at radius 1 is 0.967 bits per heavy atom. The van der Waals surface area contributed by atoms with Gasteiger partial charge < -0.3 is 24.1 Å². The van der Waals surface area contributed by atoms with Crippen LogP contribution in [0.25, 0.3) is 11.0 Å². The van der Waals surface area contributed by atoms with Gasteiger partial charge in [-0.2, -0.15) is 0 Å². The van der Waals surface area contributed by atoms with E-state index in [0.717, 1.165) is 48.0 Å². The molecule has 0 saturated carbocycles. The van der Waals surface area contributed by atoms with Crippen LogP contribution < -0.4 is 14.2 Å². The summed E-state index contributed by atoms with van der Waals surface area (Å²) in [6.45, 7) is 3.72. The van der Waals surface area contributed by atoms with E-state index in [9.17, 15) is 4.79 Å². The lowest BCUT2D eigenvalue weighted by atomic mass is 10.3. The van der Waals surface area contributed by atoms with Crippen LogP contribution in [0.1, 0.15) is 5.82 Å². The van der Waals surface area contributed by atoms with Crippen LogP contribution in [0.15, 0.2) is 42.5 Å². The number of fused-ring (bicyclic) bond motifs is 1. The highest BCUT2D eigenvalue weighted by Gasteiger charge is 2.22. The van der Waals surface area contributed by atoms with Crippen molar-refractivity contribution < 1.29 is 19.0 Å². The van der Waals surface area contributed by atoms with Gasteiger partial charge in [0.1, 0.15) is 23.1 Å². The Kier molecular flexibility index (Phi) is 6.04. The van der Waals surface area contributed by atoms with Crippen LogP contribution in [0.2, 0.25) is 0 Å². The topological polar surface area (TPSA) is 79.9 Å². The first kappa shape index (κ1) is 20.0. The Morgan fingerprint density at radius 3 is 2.33 bits per heavy atom. The summed E-state index contributed by atoms with van der Waals surface area (Å²) in [5, 5.41) is 0. The SMILES string of the molecule is COc1ccc(OCC(=O)N2CCN(Cc3nc4ccc(OC)cc4[nH]3)CC2)cc1. The second-order valence-electron chi connectivity index (χ2n) is 7.19. The molecule has 1 fully saturated rings. The van der Waals surface area contributed by atoms with Gasteiger partial charge in [0.15, 0.2) is 6.61 Å². The number of H-pyrrole nitrogens is 1. The maximum Gasteiger partial charge on any atom is 0.260 e. The average Bonchev–Trinajstić information content (AvgIpc) is 3.19. The van der Waals surface area contributed by atoms with Crippen LogP contribution in [-0.4, -0.2) is 72.7 Å². The van der Waals surface area contributed by atoms with Gasteiger partial charge in [-0.1, -0.05) is 0 Å². The summed E-state index contributed by atoms with van der Waals surface area (Å²) in [6, 6.07) is 13.0. The summed E-state index contributed by atoms with van der Waals surface area (Å²) in [7, 11) is 3.27. The number of piperazine rings is 1. The van der Waals surface area contributed by atoms with Gasteiger partial charge >= 0.3 is 0 Å². The van der Waals surface area contributed by atoms with Crippen molar-refractivity contribution in [1.29, 1.82) is 0 Å². The summed E-state index contributed by atoms with van der Waals surface area (Å²) in [6.07, 6.45) is 0. The van der Waals surface area contributed by atoms with E-state index in [1.807, 2.05) is 35.2 Å². The summed E-state index contributed by atoms with van der Waals surface area (Å²) in [5.74, 6) is 3.14. The molecule has 8 heteroatoms. The number of hydrogen-bond donors (Lipinski definition) is 1. The third-order valence-corrected chi connectivity index (χ3v) is 5.26. The average molecular weight is 410 g/mol. The van der Waals surface area contributed by atoms with Gasteiger partial charge in [-0.3, -0.25) is 9.69 Å². The van der Waals surface area contributed by atoms with Gasteiger partial charge in [-0.05, 0) is 36.4 Å². The summed E-state index contributed by atoms with van der Waals surface area (Å²) in [4.78, 5) is 24.6. The lowest BCUT2D eigenvalue weighted by Gasteiger charge is -2.34. The van der Waals surface area contributed by atoms with E-state index >= 15 is 0 Å². The molecule has 2 aromatic carbocycles. The van der Waals surface area contributed by atoms with Gasteiger partial charge in [-0.15, -0.1) is 0 Å². The molecule has 30 heavy (non-hydrogen) atoms. The minimum absolute atomic E-state index is 0.00120. The summed E-state index contributed by atoms with van der Waals surface area (Å²) < 4.78 is 16.0. The molecule has 0 aliphatic carbocycles. The largest absolute Gasteiger partial charge is 0.497 e. The van der Waals surface area contributed by atoms with Crippen LogP contribution in [0.5, 0.6) is 17.2 Å². The van der Waals surface area contributed by atoms with Crippen molar-refractivity contribution in [2.45, 2.75) is 6.54 Å². The molecule has 4 rings (SSSR count). The number of amides is 1. The van der Waals surface area contributed by atoms with Gasteiger partial charge in [-0.25, -0.2) is 4.98 Å². The number of aromatic nitrogens is 2. The Morgan fingerprint density at radius 2 is 1.63 bits per heavy atom. The molecule has 3 aromatic rings. The van der Waals surface area contributed by atoms with E-state index in [1.54, 1.807) is 26.4 Å². The van der Waals surface area contributed by atoms with Gasteiger partial charge in [0.25, 0.3) is 5.91 Å². The van der Waals surface area contributed by atoms with Crippen molar-refractivity contribution in [2.75, 3.05) is 47.0 Å². The van der Waals surface area contributed by atoms with E-state index < -0.39 is 0 Å². The molecule has 8 nitrogen and oxygen atoms in total. The molecular weight excluding hydrogens is 384 g/mol. The monoisotopic (exact) mass is 410 g/mol. The Labute approximate surface area is 175 Å². The Hall–Kier alpha value is -3.26. The zero-order valence-electron chi connectivity index (χ0n) is 17.3. The molecular formula is C22H26N4O4. The van der Waals surface area contributed by atoms with Crippen molar-refractivity contribution >= 4 is 16.9 Å². The standard InChI is InChI=1S/C22H26N4O4/c1-28-16-3-5-17(6-4-16)30-15-22(27)26-11-9-25(10-12-26)14-21-23-19-8-7-18(29-2)13-20(19)24-21/h3-8,13H,9-12,14-15H2,1-2H3,(H,23,24). The normalized spacial score (nSPS) is 14.7. The van der Waals surface area contributed by atoms with Crippen LogP contribution in [0, 0.1) is 0 Å². The first-order valence-electron chi connectivity index (χ1n) is 9.94. The molecule has 0 bridgehead atoms. The predicted octanol–water partition coefficient (Wildman–Crippen LogP) is 2.30. The third-order valence-electron chi connectivity index (χ3n) is 5.26. The fraction of sp³-hybridized carbons (Fsp3) is 0.364. The smallest absolute Gasteiger partial charge is 0.260 e. The van der Waals surface area contributed by atoms with E-state index in [4.69, 9.17) is 14.2 Å². The Bertz CT molecular complexity index is 994. The van der Waals surface area contributed by atoms with Crippen molar-refractivity contribution in [3.05, 3.63) is 48.3 Å². The van der Waals surface area contributed by atoms with Crippen LogP contribution >= 0.6 is 0 Å². The summed E-state index contributed by atoms with van der Waals surface area (Å²) in [5.41, 5.74) is 1.89. The molecule has 0 atom stereocenters. The number of nitrogens with zero attached hydrogens (tertiary/aromatic N) is 3. The van der Waals surface area contributed by atoms with E-state index in [1.165, 1.54) is 0 Å². The molecule has 1 aromatic heterocycles. The molecule has 2 heterocycles. The molecule has 0 unspecified atom stereocenters. The maximum atomic E-state index is 12.5. The maximum absolute atomic E-state index is 12.5. The molecule has 0 radical (unpaired) electrons. The quantitative estimate of drug-likeness (QED) is 0.644. The lowest BCUT2D eigenvalue weighted by molar-refractivity contribution is -0.135.